The lowest BCUT2D eigenvalue weighted by Gasteiger charge is -2.20. The van der Waals surface area contributed by atoms with Crippen molar-refractivity contribution in [3.63, 3.8) is 0 Å². The number of nitrogens with zero attached hydrogens (tertiary/aromatic N) is 3. The summed E-state index contributed by atoms with van der Waals surface area (Å²) >= 11 is 6.21. The fourth-order valence-corrected chi connectivity index (χ4v) is 2.80. The summed E-state index contributed by atoms with van der Waals surface area (Å²) in [5.74, 6) is 1.98. The van der Waals surface area contributed by atoms with Gasteiger partial charge >= 0.3 is 0 Å². The Morgan fingerprint density at radius 2 is 1.81 bits per heavy atom. The Hall–Kier alpha value is -0.870. The molecular formula is C16H27ClN4. The van der Waals surface area contributed by atoms with E-state index in [9.17, 15) is 0 Å². The predicted octanol–water partition coefficient (Wildman–Crippen LogP) is 3.85. The molecule has 0 amide bonds. The fourth-order valence-electron chi connectivity index (χ4n) is 2.63. The van der Waals surface area contributed by atoms with Gasteiger partial charge in [0.1, 0.15) is 16.8 Å². The molecule has 2 heterocycles. The molecule has 2 rings (SSSR count). The van der Waals surface area contributed by atoms with Crippen molar-refractivity contribution in [1.29, 1.82) is 0 Å². The van der Waals surface area contributed by atoms with Crippen LogP contribution in [0.2, 0.25) is 5.15 Å². The molecule has 5 heteroatoms. The standard InChI is InChI=1S/C16H27ClN4/c1-12(2)15-19-14(17)13(3)16(20-15)18-8-11-21-9-6-4-5-7-10-21/h12H,4-11H2,1-3H3,(H,18,19,20). The maximum absolute atomic E-state index is 6.21. The van der Waals surface area contributed by atoms with E-state index in [1.54, 1.807) is 0 Å². The van der Waals surface area contributed by atoms with E-state index in [1.165, 1.54) is 38.8 Å². The van der Waals surface area contributed by atoms with Crippen molar-refractivity contribution >= 4 is 17.4 Å². The van der Waals surface area contributed by atoms with E-state index < -0.39 is 0 Å². The molecule has 0 spiro atoms. The highest BCUT2D eigenvalue weighted by Gasteiger charge is 2.12. The summed E-state index contributed by atoms with van der Waals surface area (Å²) in [6.45, 7) is 10.6. The lowest BCUT2D eigenvalue weighted by Crippen LogP contribution is -2.30. The molecule has 21 heavy (non-hydrogen) atoms. The second-order valence-electron chi connectivity index (χ2n) is 6.18. The largest absolute Gasteiger partial charge is 0.368 e. The molecule has 1 saturated heterocycles. The molecule has 0 atom stereocenters. The fraction of sp³-hybridized carbons (Fsp3) is 0.750. The monoisotopic (exact) mass is 310 g/mol. The first kappa shape index (κ1) is 16.5. The van der Waals surface area contributed by atoms with Crippen LogP contribution in [0.4, 0.5) is 5.82 Å². The lowest BCUT2D eigenvalue weighted by molar-refractivity contribution is 0.296. The molecule has 1 aliphatic heterocycles. The van der Waals surface area contributed by atoms with E-state index in [2.05, 4.69) is 34.0 Å². The van der Waals surface area contributed by atoms with Crippen molar-refractivity contribution in [3.05, 3.63) is 16.5 Å². The molecule has 1 aromatic rings. The Kier molecular flexibility index (Phi) is 6.24. The van der Waals surface area contributed by atoms with Crippen LogP contribution in [0.15, 0.2) is 0 Å². The third-order valence-corrected chi connectivity index (χ3v) is 4.41. The van der Waals surface area contributed by atoms with Gasteiger partial charge in [0, 0.05) is 24.6 Å². The lowest BCUT2D eigenvalue weighted by atomic mass is 10.2. The number of likely N-dealkylation sites (tertiary alicyclic amines) is 1. The summed E-state index contributed by atoms with van der Waals surface area (Å²) in [4.78, 5) is 11.5. The summed E-state index contributed by atoms with van der Waals surface area (Å²) in [5, 5.41) is 4.00. The van der Waals surface area contributed by atoms with Gasteiger partial charge in [-0.3, -0.25) is 0 Å². The Balaban J connectivity index is 1.92. The molecule has 0 unspecified atom stereocenters. The number of nitrogens with one attached hydrogen (secondary N) is 1. The maximum atomic E-state index is 6.21. The SMILES string of the molecule is Cc1c(Cl)nc(C(C)C)nc1NCCN1CCCCCC1. The highest BCUT2D eigenvalue weighted by atomic mass is 35.5. The van der Waals surface area contributed by atoms with Gasteiger partial charge in [0.15, 0.2) is 0 Å². The second kappa shape index (κ2) is 7.95. The van der Waals surface area contributed by atoms with E-state index in [4.69, 9.17) is 11.6 Å². The molecule has 118 valence electrons. The summed E-state index contributed by atoms with van der Waals surface area (Å²) in [6.07, 6.45) is 5.41. The van der Waals surface area contributed by atoms with E-state index in [0.717, 1.165) is 30.3 Å². The van der Waals surface area contributed by atoms with Gasteiger partial charge in [-0.25, -0.2) is 9.97 Å². The zero-order valence-electron chi connectivity index (χ0n) is 13.5. The number of halogens is 1. The normalized spacial score (nSPS) is 17.0. The van der Waals surface area contributed by atoms with E-state index >= 15 is 0 Å². The minimum absolute atomic E-state index is 0.286. The van der Waals surface area contributed by atoms with Crippen LogP contribution < -0.4 is 5.32 Å². The van der Waals surface area contributed by atoms with Gasteiger partial charge in [0.25, 0.3) is 0 Å². The number of hydrogen-bond donors (Lipinski definition) is 1. The average molecular weight is 311 g/mol. The zero-order valence-corrected chi connectivity index (χ0v) is 14.2. The number of rotatable bonds is 5. The van der Waals surface area contributed by atoms with E-state index in [0.29, 0.717) is 5.15 Å². The highest BCUT2D eigenvalue weighted by molar-refractivity contribution is 6.30. The molecule has 0 aromatic carbocycles. The zero-order chi connectivity index (χ0) is 15.2. The molecule has 0 saturated carbocycles. The molecule has 0 aliphatic carbocycles. The summed E-state index contributed by atoms with van der Waals surface area (Å²) < 4.78 is 0. The molecule has 1 fully saturated rings. The topological polar surface area (TPSA) is 41.1 Å². The third-order valence-electron chi connectivity index (χ3n) is 4.04. The van der Waals surface area contributed by atoms with E-state index in [1.807, 2.05) is 6.92 Å². The molecule has 0 bridgehead atoms. The van der Waals surface area contributed by atoms with Crippen LogP contribution in [0.1, 0.15) is 56.8 Å². The Morgan fingerprint density at radius 1 is 1.14 bits per heavy atom. The third kappa shape index (κ3) is 4.82. The van der Waals surface area contributed by atoms with Gasteiger partial charge in [-0.05, 0) is 32.9 Å². The smallest absolute Gasteiger partial charge is 0.137 e. The van der Waals surface area contributed by atoms with Crippen LogP contribution in [-0.2, 0) is 0 Å². The van der Waals surface area contributed by atoms with Crippen molar-refractivity contribution < 1.29 is 0 Å². The maximum Gasteiger partial charge on any atom is 0.137 e. The molecule has 1 aliphatic rings. The first-order valence-electron chi connectivity index (χ1n) is 8.08. The van der Waals surface area contributed by atoms with Crippen LogP contribution in [-0.4, -0.2) is 41.0 Å². The summed E-state index contributed by atoms with van der Waals surface area (Å²) in [6, 6.07) is 0. The summed E-state index contributed by atoms with van der Waals surface area (Å²) in [5.41, 5.74) is 0.942. The van der Waals surface area contributed by atoms with Gasteiger partial charge < -0.3 is 10.2 Å². The number of aromatic nitrogens is 2. The minimum atomic E-state index is 0.286. The number of anilines is 1. The predicted molar refractivity (Wildman–Crippen MR) is 89.3 cm³/mol. The molecule has 0 radical (unpaired) electrons. The quantitative estimate of drug-likeness (QED) is 0.839. The van der Waals surface area contributed by atoms with Gasteiger partial charge in [0.2, 0.25) is 0 Å². The van der Waals surface area contributed by atoms with Crippen molar-refractivity contribution in [2.45, 2.75) is 52.4 Å². The number of hydrogen-bond acceptors (Lipinski definition) is 4. The molecule has 4 nitrogen and oxygen atoms in total. The molecule has 1 N–H and O–H groups in total. The second-order valence-corrected chi connectivity index (χ2v) is 6.54. The van der Waals surface area contributed by atoms with Crippen LogP contribution in [0.5, 0.6) is 0 Å². The van der Waals surface area contributed by atoms with Crippen LogP contribution in [0, 0.1) is 6.92 Å². The highest BCUT2D eigenvalue weighted by Crippen LogP contribution is 2.22. The van der Waals surface area contributed by atoms with Crippen molar-refractivity contribution in [2.24, 2.45) is 0 Å². The summed E-state index contributed by atoms with van der Waals surface area (Å²) in [7, 11) is 0. The van der Waals surface area contributed by atoms with Gasteiger partial charge in [-0.1, -0.05) is 38.3 Å². The van der Waals surface area contributed by atoms with Gasteiger partial charge in [-0.15, -0.1) is 0 Å². The van der Waals surface area contributed by atoms with E-state index in [-0.39, 0.29) is 5.92 Å². The minimum Gasteiger partial charge on any atom is -0.368 e. The molecule has 1 aromatic heterocycles. The van der Waals surface area contributed by atoms with Crippen LogP contribution >= 0.6 is 11.6 Å². The van der Waals surface area contributed by atoms with Crippen molar-refractivity contribution in [1.82, 2.24) is 14.9 Å². The Morgan fingerprint density at radius 3 is 2.43 bits per heavy atom. The van der Waals surface area contributed by atoms with Crippen molar-refractivity contribution in [2.75, 3.05) is 31.5 Å². The van der Waals surface area contributed by atoms with Crippen molar-refractivity contribution in [3.8, 4) is 0 Å². The first-order chi connectivity index (χ1) is 10.1. The Labute approximate surface area is 133 Å². The first-order valence-corrected chi connectivity index (χ1v) is 8.46. The van der Waals surface area contributed by atoms with Gasteiger partial charge in [0.05, 0.1) is 0 Å². The molecular weight excluding hydrogens is 284 g/mol. The van der Waals surface area contributed by atoms with Crippen LogP contribution in [0.25, 0.3) is 0 Å². The Bertz CT molecular complexity index is 454. The van der Waals surface area contributed by atoms with Gasteiger partial charge in [-0.2, -0.15) is 0 Å². The van der Waals surface area contributed by atoms with Crippen LogP contribution in [0.3, 0.4) is 0 Å². The average Bonchev–Trinajstić information content (AvgIpc) is 2.71.